The van der Waals surface area contributed by atoms with Gasteiger partial charge in [0.15, 0.2) is 0 Å². The molecule has 1 fully saturated rings. The molecule has 0 aliphatic carbocycles. The monoisotopic (exact) mass is 412 g/mol. The molecule has 1 saturated heterocycles. The third-order valence-electron chi connectivity index (χ3n) is 4.88. The summed E-state index contributed by atoms with van der Waals surface area (Å²) >= 11 is 0. The summed E-state index contributed by atoms with van der Waals surface area (Å²) in [7, 11) is 0. The van der Waals surface area contributed by atoms with Crippen LogP contribution in [-0.4, -0.2) is 82.5 Å². The van der Waals surface area contributed by atoms with Crippen molar-refractivity contribution >= 4 is 11.8 Å². The minimum absolute atomic E-state index is 0.125. The zero-order valence-electron chi connectivity index (χ0n) is 17.3. The van der Waals surface area contributed by atoms with E-state index in [1.807, 2.05) is 25.1 Å². The van der Waals surface area contributed by atoms with Crippen molar-refractivity contribution in [3.63, 3.8) is 0 Å². The zero-order valence-corrected chi connectivity index (χ0v) is 17.3. The van der Waals surface area contributed by atoms with E-state index in [4.69, 9.17) is 4.74 Å². The normalized spacial score (nSPS) is 14.3. The second-order valence-corrected chi connectivity index (χ2v) is 7.14. The van der Waals surface area contributed by atoms with Crippen LogP contribution in [0.25, 0.3) is 0 Å². The topological polar surface area (TPSA) is 101 Å². The highest BCUT2D eigenvalue weighted by Gasteiger charge is 2.20. The van der Waals surface area contributed by atoms with Crippen LogP contribution in [0.15, 0.2) is 36.8 Å². The molecule has 1 N–H and O–H groups in total. The highest BCUT2D eigenvalue weighted by molar-refractivity contribution is 5.92. The van der Waals surface area contributed by atoms with Gasteiger partial charge in [-0.15, -0.1) is 0 Å². The van der Waals surface area contributed by atoms with Crippen LogP contribution in [0.4, 0.5) is 0 Å². The van der Waals surface area contributed by atoms with Crippen molar-refractivity contribution in [2.45, 2.75) is 19.9 Å². The molecule has 0 radical (unpaired) electrons. The summed E-state index contributed by atoms with van der Waals surface area (Å²) < 4.78 is 5.38. The molecule has 0 atom stereocenters. The fourth-order valence-corrected chi connectivity index (χ4v) is 3.08. The highest BCUT2D eigenvalue weighted by Crippen LogP contribution is 2.05. The molecule has 2 aromatic heterocycles. The molecule has 9 heteroatoms. The van der Waals surface area contributed by atoms with E-state index in [0.717, 1.165) is 31.0 Å². The summed E-state index contributed by atoms with van der Waals surface area (Å²) in [6.45, 7) is 6.83. The number of aromatic nitrogens is 3. The minimum atomic E-state index is -0.215. The second kappa shape index (κ2) is 11.3. The molecule has 0 unspecified atom stereocenters. The molecule has 2 amide bonds. The molecule has 0 aromatic carbocycles. The van der Waals surface area contributed by atoms with Crippen LogP contribution in [0.5, 0.6) is 0 Å². The van der Waals surface area contributed by atoms with Crippen LogP contribution in [0.2, 0.25) is 0 Å². The predicted molar refractivity (Wildman–Crippen MR) is 111 cm³/mol. The number of hydrogen-bond donors (Lipinski definition) is 1. The maximum atomic E-state index is 13.0. The van der Waals surface area contributed by atoms with E-state index in [9.17, 15) is 9.59 Å². The number of amides is 2. The van der Waals surface area contributed by atoms with Gasteiger partial charge < -0.3 is 15.0 Å². The minimum Gasteiger partial charge on any atom is -0.379 e. The van der Waals surface area contributed by atoms with E-state index < -0.39 is 0 Å². The summed E-state index contributed by atoms with van der Waals surface area (Å²) in [5.41, 5.74) is 1.83. The summed E-state index contributed by atoms with van der Waals surface area (Å²) in [5, 5.41) is 2.85. The van der Waals surface area contributed by atoms with E-state index >= 15 is 0 Å². The van der Waals surface area contributed by atoms with Crippen molar-refractivity contribution in [1.82, 2.24) is 30.1 Å². The van der Waals surface area contributed by atoms with Gasteiger partial charge in [0, 0.05) is 51.5 Å². The van der Waals surface area contributed by atoms with Gasteiger partial charge in [-0.3, -0.25) is 24.5 Å². The average Bonchev–Trinajstić information content (AvgIpc) is 2.79. The average molecular weight is 412 g/mol. The Kier molecular flexibility index (Phi) is 8.22. The molecule has 30 heavy (non-hydrogen) atoms. The number of nitrogens with zero attached hydrogens (tertiary/aromatic N) is 5. The lowest BCUT2D eigenvalue weighted by molar-refractivity contribution is -0.121. The number of rotatable bonds is 9. The Balaban J connectivity index is 1.55. The van der Waals surface area contributed by atoms with Gasteiger partial charge in [-0.25, -0.2) is 4.98 Å². The van der Waals surface area contributed by atoms with E-state index in [1.54, 1.807) is 17.3 Å². The van der Waals surface area contributed by atoms with Gasteiger partial charge in [0.25, 0.3) is 5.91 Å². The van der Waals surface area contributed by atoms with Gasteiger partial charge in [0.1, 0.15) is 5.69 Å². The quantitative estimate of drug-likeness (QED) is 0.646. The molecule has 0 bridgehead atoms. The molecule has 1 aliphatic heterocycles. The maximum absolute atomic E-state index is 13.0. The smallest absolute Gasteiger partial charge is 0.274 e. The lowest BCUT2D eigenvalue weighted by Gasteiger charge is -2.30. The number of hydrogen-bond acceptors (Lipinski definition) is 7. The Morgan fingerprint density at radius 2 is 1.97 bits per heavy atom. The largest absolute Gasteiger partial charge is 0.379 e. The number of nitrogens with one attached hydrogen (secondary N) is 1. The molecule has 2 aromatic rings. The van der Waals surface area contributed by atoms with Crippen molar-refractivity contribution in [2.24, 2.45) is 0 Å². The summed E-state index contributed by atoms with van der Waals surface area (Å²) in [6.07, 6.45) is 4.96. The standard InChI is InChI=1S/C21H28N6O3/c1-17-14-24-19(16-23-17)21(29)27(9-8-26-10-12-30-13-11-26)7-5-20(28)25-15-18-4-2-3-6-22-18/h2-4,6,14,16H,5,7-13,15H2,1H3,(H,25,28). The first-order chi connectivity index (χ1) is 14.6. The summed E-state index contributed by atoms with van der Waals surface area (Å²) in [6, 6.07) is 5.56. The number of pyridine rings is 1. The molecule has 0 saturated carbocycles. The number of carbonyl (C=O) groups is 2. The third-order valence-corrected chi connectivity index (χ3v) is 4.88. The number of carbonyl (C=O) groups excluding carboxylic acids is 2. The Bertz CT molecular complexity index is 809. The molecular formula is C21H28N6O3. The highest BCUT2D eigenvalue weighted by atomic mass is 16.5. The number of aryl methyl sites for hydroxylation is 1. The Hall–Kier alpha value is -2.91. The van der Waals surface area contributed by atoms with Crippen LogP contribution < -0.4 is 5.32 Å². The fourth-order valence-electron chi connectivity index (χ4n) is 3.08. The third kappa shape index (κ3) is 6.85. The van der Waals surface area contributed by atoms with Crippen LogP contribution in [0, 0.1) is 6.92 Å². The first-order valence-corrected chi connectivity index (χ1v) is 10.2. The summed E-state index contributed by atoms with van der Waals surface area (Å²) in [4.78, 5) is 41.7. The number of morpholine rings is 1. The first kappa shape index (κ1) is 21.8. The molecule has 0 spiro atoms. The summed E-state index contributed by atoms with van der Waals surface area (Å²) in [5.74, 6) is -0.340. The van der Waals surface area contributed by atoms with Crippen molar-refractivity contribution in [3.8, 4) is 0 Å². The lowest BCUT2D eigenvalue weighted by Crippen LogP contribution is -2.44. The van der Waals surface area contributed by atoms with E-state index in [-0.39, 0.29) is 23.9 Å². The van der Waals surface area contributed by atoms with Crippen LogP contribution in [-0.2, 0) is 16.1 Å². The SMILES string of the molecule is Cc1cnc(C(=O)N(CCC(=O)NCc2ccccn2)CCN2CCOCC2)cn1. The van der Waals surface area contributed by atoms with Gasteiger partial charge >= 0.3 is 0 Å². The van der Waals surface area contributed by atoms with E-state index in [1.165, 1.54) is 6.20 Å². The lowest BCUT2D eigenvalue weighted by atomic mass is 10.2. The van der Waals surface area contributed by atoms with Gasteiger partial charge in [-0.1, -0.05) is 6.07 Å². The van der Waals surface area contributed by atoms with Gasteiger partial charge in [0.2, 0.25) is 5.91 Å². The first-order valence-electron chi connectivity index (χ1n) is 10.2. The van der Waals surface area contributed by atoms with Crippen molar-refractivity contribution in [2.75, 3.05) is 45.9 Å². The molecule has 160 valence electrons. The second-order valence-electron chi connectivity index (χ2n) is 7.14. The van der Waals surface area contributed by atoms with Gasteiger partial charge in [-0.2, -0.15) is 0 Å². The Morgan fingerprint density at radius 3 is 2.67 bits per heavy atom. The zero-order chi connectivity index (χ0) is 21.2. The van der Waals surface area contributed by atoms with Crippen molar-refractivity contribution in [1.29, 1.82) is 0 Å². The molecule has 3 heterocycles. The molecule has 1 aliphatic rings. The van der Waals surface area contributed by atoms with Gasteiger partial charge in [0.05, 0.1) is 37.3 Å². The Labute approximate surface area is 176 Å². The maximum Gasteiger partial charge on any atom is 0.274 e. The van der Waals surface area contributed by atoms with Crippen molar-refractivity contribution in [3.05, 3.63) is 53.9 Å². The van der Waals surface area contributed by atoms with Crippen molar-refractivity contribution < 1.29 is 14.3 Å². The fraction of sp³-hybridized carbons (Fsp3) is 0.476. The number of ether oxygens (including phenoxy) is 1. The van der Waals surface area contributed by atoms with Crippen LogP contribution in [0.3, 0.4) is 0 Å². The Morgan fingerprint density at radius 1 is 1.13 bits per heavy atom. The van der Waals surface area contributed by atoms with E-state index in [0.29, 0.717) is 32.8 Å². The molecule has 3 rings (SSSR count). The van der Waals surface area contributed by atoms with E-state index in [2.05, 4.69) is 25.2 Å². The van der Waals surface area contributed by atoms with Crippen LogP contribution >= 0.6 is 0 Å². The molecular weight excluding hydrogens is 384 g/mol. The molecule has 9 nitrogen and oxygen atoms in total. The van der Waals surface area contributed by atoms with Gasteiger partial charge in [-0.05, 0) is 19.1 Å². The van der Waals surface area contributed by atoms with Crippen LogP contribution in [0.1, 0.15) is 28.3 Å². The predicted octanol–water partition coefficient (Wildman–Crippen LogP) is 0.661.